The third-order valence-corrected chi connectivity index (χ3v) is 6.05. The van der Waals surface area contributed by atoms with E-state index in [1.165, 1.54) is 0 Å². The first-order chi connectivity index (χ1) is 14.4. The first-order valence-electron chi connectivity index (χ1n) is 10.6. The van der Waals surface area contributed by atoms with E-state index >= 15 is 0 Å². The van der Waals surface area contributed by atoms with Crippen LogP contribution >= 0.6 is 0 Å². The van der Waals surface area contributed by atoms with Crippen molar-refractivity contribution in [1.29, 1.82) is 0 Å². The van der Waals surface area contributed by atoms with Crippen molar-refractivity contribution in [3.63, 3.8) is 0 Å². The van der Waals surface area contributed by atoms with Crippen molar-refractivity contribution in [3.8, 4) is 11.4 Å². The van der Waals surface area contributed by atoms with Gasteiger partial charge in [0.2, 0.25) is 0 Å². The molecular weight excluding hydrogens is 378 g/mol. The number of fused-ring (bicyclic) bond motifs is 1. The van der Waals surface area contributed by atoms with Gasteiger partial charge in [-0.2, -0.15) is 0 Å². The zero-order valence-electron chi connectivity index (χ0n) is 17.8. The van der Waals surface area contributed by atoms with Crippen LogP contribution in [-0.4, -0.2) is 50.9 Å². The van der Waals surface area contributed by atoms with Crippen molar-refractivity contribution in [1.82, 2.24) is 14.9 Å². The molecule has 0 spiro atoms. The Hall–Kier alpha value is -2.86. The highest BCUT2D eigenvalue weighted by Crippen LogP contribution is 2.30. The molecular formula is C24H29N3O3. The Labute approximate surface area is 176 Å². The number of nitrogens with zero attached hydrogens (tertiary/aromatic N) is 2. The summed E-state index contributed by atoms with van der Waals surface area (Å²) in [5.74, 6) is 0.680. The molecule has 0 aliphatic carbocycles. The quantitative estimate of drug-likeness (QED) is 0.657. The molecule has 1 fully saturated rings. The maximum Gasteiger partial charge on any atom is 0.410 e. The summed E-state index contributed by atoms with van der Waals surface area (Å²) in [6, 6.07) is 16.0. The highest BCUT2D eigenvalue weighted by atomic mass is 16.6. The van der Waals surface area contributed by atoms with Gasteiger partial charge in [-0.25, -0.2) is 9.78 Å². The van der Waals surface area contributed by atoms with Crippen LogP contribution < -0.4 is 0 Å². The van der Waals surface area contributed by atoms with Crippen molar-refractivity contribution in [2.45, 2.75) is 51.2 Å². The molecule has 158 valence electrons. The highest BCUT2D eigenvalue weighted by molar-refractivity contribution is 5.79. The molecule has 1 aliphatic heterocycles. The van der Waals surface area contributed by atoms with E-state index in [0.29, 0.717) is 19.5 Å². The molecule has 2 N–H and O–H groups in total. The molecule has 2 unspecified atom stereocenters. The Morgan fingerprint density at radius 1 is 1.23 bits per heavy atom. The lowest BCUT2D eigenvalue weighted by Gasteiger charge is -2.37. The number of likely N-dealkylation sites (tertiary alicyclic amines) is 1. The number of benzene rings is 2. The number of aliphatic hydroxyl groups is 1. The summed E-state index contributed by atoms with van der Waals surface area (Å²) < 4.78 is 5.64. The minimum absolute atomic E-state index is 0.138. The number of H-pyrrole nitrogens is 1. The lowest BCUT2D eigenvalue weighted by molar-refractivity contribution is -0.00562. The minimum atomic E-state index is -0.489. The zero-order valence-corrected chi connectivity index (χ0v) is 17.8. The molecule has 1 amide bonds. The van der Waals surface area contributed by atoms with E-state index in [2.05, 4.69) is 9.97 Å². The second-order valence-electron chi connectivity index (χ2n) is 8.61. The van der Waals surface area contributed by atoms with Crippen LogP contribution in [0.15, 0.2) is 48.5 Å². The van der Waals surface area contributed by atoms with Gasteiger partial charge in [-0.1, -0.05) is 43.3 Å². The minimum Gasteiger partial charge on any atom is -0.443 e. The Morgan fingerprint density at radius 2 is 1.97 bits per heavy atom. The van der Waals surface area contributed by atoms with Gasteiger partial charge < -0.3 is 19.7 Å². The van der Waals surface area contributed by atoms with Gasteiger partial charge in [0.25, 0.3) is 0 Å². The number of carbonyl (C=O) groups is 1. The van der Waals surface area contributed by atoms with Crippen LogP contribution in [0.25, 0.3) is 22.4 Å². The molecule has 6 heteroatoms. The summed E-state index contributed by atoms with van der Waals surface area (Å²) >= 11 is 0. The van der Waals surface area contributed by atoms with Crippen LogP contribution in [0, 0.1) is 0 Å². The van der Waals surface area contributed by atoms with Crippen molar-refractivity contribution < 1.29 is 14.6 Å². The number of rotatable bonds is 4. The molecule has 0 bridgehead atoms. The summed E-state index contributed by atoms with van der Waals surface area (Å²) in [6.45, 7) is 6.78. The van der Waals surface area contributed by atoms with Crippen LogP contribution in [0.3, 0.4) is 0 Å². The van der Waals surface area contributed by atoms with Gasteiger partial charge in [-0.3, -0.25) is 0 Å². The molecule has 6 nitrogen and oxygen atoms in total. The number of imidazole rings is 1. The Bertz CT molecular complexity index is 993. The lowest BCUT2D eigenvalue weighted by Crippen LogP contribution is -2.47. The Morgan fingerprint density at radius 3 is 2.67 bits per heavy atom. The molecule has 2 aromatic carbocycles. The maximum absolute atomic E-state index is 12.6. The predicted octanol–water partition coefficient (Wildman–Crippen LogP) is 4.71. The Kier molecular flexibility index (Phi) is 5.52. The SMILES string of the molecule is CCC(C)(C)OC(=O)N1CCC(O)C(c2ccc(-c3nc4ccccc4[nH]3)cc2)C1. The van der Waals surface area contributed by atoms with Crippen LogP contribution in [0.1, 0.15) is 45.1 Å². The van der Waals surface area contributed by atoms with Gasteiger partial charge in [0, 0.05) is 24.6 Å². The van der Waals surface area contributed by atoms with E-state index in [0.717, 1.165) is 34.4 Å². The summed E-state index contributed by atoms with van der Waals surface area (Å²) in [6.07, 6.45) is 0.502. The smallest absolute Gasteiger partial charge is 0.410 e. The standard InChI is InChI=1S/C24H29N3O3/c1-4-24(2,3)30-23(29)27-14-13-21(28)18(15-27)16-9-11-17(12-10-16)22-25-19-7-5-6-8-20(19)26-22/h5-12,18,21,28H,4,13-15H2,1-3H3,(H,25,26). The number of hydrogen-bond donors (Lipinski definition) is 2. The van der Waals surface area contributed by atoms with Crippen LogP contribution in [0.2, 0.25) is 0 Å². The number of carbonyl (C=O) groups excluding carboxylic acids is 1. The topological polar surface area (TPSA) is 78.4 Å². The fourth-order valence-corrected chi connectivity index (χ4v) is 3.78. The van der Waals surface area contributed by atoms with Gasteiger partial charge in [0.05, 0.1) is 17.1 Å². The number of hydrogen-bond acceptors (Lipinski definition) is 4. The van der Waals surface area contributed by atoms with E-state index in [1.807, 2.05) is 69.3 Å². The second-order valence-corrected chi connectivity index (χ2v) is 8.61. The third kappa shape index (κ3) is 4.19. The summed E-state index contributed by atoms with van der Waals surface area (Å²) in [5.41, 5.74) is 3.44. The molecule has 0 radical (unpaired) electrons. The largest absolute Gasteiger partial charge is 0.443 e. The monoisotopic (exact) mass is 407 g/mol. The second kappa shape index (κ2) is 8.11. The van der Waals surface area contributed by atoms with Gasteiger partial charge in [0.15, 0.2) is 0 Å². The number of piperidine rings is 1. The molecule has 3 aromatic rings. The lowest BCUT2D eigenvalue weighted by atomic mass is 9.87. The van der Waals surface area contributed by atoms with Crippen molar-refractivity contribution in [3.05, 3.63) is 54.1 Å². The molecule has 2 heterocycles. The number of amides is 1. The number of aromatic amines is 1. The van der Waals surface area contributed by atoms with Crippen LogP contribution in [0.4, 0.5) is 4.79 Å². The molecule has 30 heavy (non-hydrogen) atoms. The molecule has 4 rings (SSSR count). The number of ether oxygens (including phenoxy) is 1. The molecule has 1 aliphatic rings. The van der Waals surface area contributed by atoms with Crippen molar-refractivity contribution in [2.24, 2.45) is 0 Å². The average molecular weight is 408 g/mol. The van der Waals surface area contributed by atoms with Crippen LogP contribution in [-0.2, 0) is 4.74 Å². The average Bonchev–Trinajstić information content (AvgIpc) is 3.18. The molecule has 1 aromatic heterocycles. The van der Waals surface area contributed by atoms with Crippen LogP contribution in [0.5, 0.6) is 0 Å². The fraction of sp³-hybridized carbons (Fsp3) is 0.417. The van der Waals surface area contributed by atoms with E-state index in [9.17, 15) is 9.90 Å². The number of aliphatic hydroxyl groups excluding tert-OH is 1. The third-order valence-electron chi connectivity index (χ3n) is 6.05. The number of aromatic nitrogens is 2. The van der Waals surface area contributed by atoms with Crippen molar-refractivity contribution in [2.75, 3.05) is 13.1 Å². The number of nitrogens with one attached hydrogen (secondary N) is 1. The molecule has 0 saturated carbocycles. The van der Waals surface area contributed by atoms with Gasteiger partial charge in [-0.15, -0.1) is 0 Å². The molecule has 1 saturated heterocycles. The predicted molar refractivity (Wildman–Crippen MR) is 117 cm³/mol. The van der Waals surface area contributed by atoms with Gasteiger partial charge >= 0.3 is 6.09 Å². The first kappa shape index (κ1) is 20.4. The van der Waals surface area contributed by atoms with Crippen molar-refractivity contribution >= 4 is 17.1 Å². The summed E-state index contributed by atoms with van der Waals surface area (Å²) in [4.78, 5) is 22.3. The zero-order chi connectivity index (χ0) is 21.3. The maximum atomic E-state index is 12.6. The van der Waals surface area contributed by atoms with E-state index < -0.39 is 11.7 Å². The summed E-state index contributed by atoms with van der Waals surface area (Å²) in [7, 11) is 0. The first-order valence-corrected chi connectivity index (χ1v) is 10.6. The molecule has 2 atom stereocenters. The fourth-order valence-electron chi connectivity index (χ4n) is 3.78. The Balaban J connectivity index is 1.50. The van der Waals surface area contributed by atoms with E-state index in [1.54, 1.807) is 4.90 Å². The summed E-state index contributed by atoms with van der Waals surface area (Å²) in [5, 5.41) is 10.6. The van der Waals surface area contributed by atoms with E-state index in [-0.39, 0.29) is 12.0 Å². The normalized spacial score (nSPS) is 19.8. The van der Waals surface area contributed by atoms with E-state index in [4.69, 9.17) is 4.74 Å². The van der Waals surface area contributed by atoms with Gasteiger partial charge in [-0.05, 0) is 44.4 Å². The number of para-hydroxylation sites is 2. The van der Waals surface area contributed by atoms with Gasteiger partial charge in [0.1, 0.15) is 11.4 Å². The highest BCUT2D eigenvalue weighted by Gasteiger charge is 2.34.